The van der Waals surface area contributed by atoms with Crippen LogP contribution in [0.25, 0.3) is 0 Å². The lowest BCUT2D eigenvalue weighted by Gasteiger charge is -2.20. The highest BCUT2D eigenvalue weighted by atomic mass is 16.6. The van der Waals surface area contributed by atoms with E-state index in [1.807, 2.05) is 13.0 Å². The zero-order valence-electron chi connectivity index (χ0n) is 13.5. The van der Waals surface area contributed by atoms with Gasteiger partial charge in [-0.1, -0.05) is 6.07 Å². The summed E-state index contributed by atoms with van der Waals surface area (Å²) in [5.74, 6) is 1.65. The van der Waals surface area contributed by atoms with Gasteiger partial charge in [0.1, 0.15) is 17.3 Å². The van der Waals surface area contributed by atoms with E-state index in [0.29, 0.717) is 11.5 Å². The van der Waals surface area contributed by atoms with Gasteiger partial charge in [-0.3, -0.25) is 14.9 Å². The lowest BCUT2D eigenvalue weighted by molar-refractivity contribution is -0.384. The van der Waals surface area contributed by atoms with E-state index in [-0.39, 0.29) is 30.2 Å². The molecule has 0 aliphatic heterocycles. The van der Waals surface area contributed by atoms with Crippen LogP contribution in [0.4, 0.5) is 5.69 Å². The van der Waals surface area contributed by atoms with Crippen LogP contribution >= 0.6 is 0 Å². The quantitative estimate of drug-likeness (QED) is 0.501. The molecule has 7 nitrogen and oxygen atoms in total. The summed E-state index contributed by atoms with van der Waals surface area (Å²) in [5, 5.41) is 10.9. The number of nitro groups is 1. The smallest absolute Gasteiger partial charge is 0.270 e. The molecule has 3 rings (SSSR count). The Labute approximate surface area is 143 Å². The Bertz CT molecular complexity index is 883. The fourth-order valence-electron chi connectivity index (χ4n) is 2.48. The molecule has 0 aliphatic carbocycles. The van der Waals surface area contributed by atoms with E-state index < -0.39 is 4.92 Å². The van der Waals surface area contributed by atoms with E-state index in [2.05, 4.69) is 0 Å². The molecule has 3 aromatic rings. The number of nitrogens with zero attached hydrogens (tertiary/aromatic N) is 2. The van der Waals surface area contributed by atoms with Gasteiger partial charge in [-0.05, 0) is 37.3 Å². The van der Waals surface area contributed by atoms with Crippen molar-refractivity contribution in [2.75, 3.05) is 0 Å². The number of amides is 1. The molecule has 0 atom stereocenters. The normalized spacial score (nSPS) is 10.6. The lowest BCUT2D eigenvalue weighted by atomic mass is 10.1. The summed E-state index contributed by atoms with van der Waals surface area (Å²) in [6, 6.07) is 12.8. The van der Waals surface area contributed by atoms with Gasteiger partial charge in [0.05, 0.1) is 24.3 Å². The summed E-state index contributed by atoms with van der Waals surface area (Å²) in [7, 11) is 0. The molecule has 1 aromatic carbocycles. The van der Waals surface area contributed by atoms with E-state index in [1.54, 1.807) is 24.3 Å². The lowest BCUT2D eigenvalue weighted by Crippen LogP contribution is -2.29. The Hall–Kier alpha value is -3.35. The third-order valence-electron chi connectivity index (χ3n) is 3.66. The van der Waals surface area contributed by atoms with E-state index in [4.69, 9.17) is 8.83 Å². The predicted molar refractivity (Wildman–Crippen MR) is 88.8 cm³/mol. The molecule has 0 radical (unpaired) electrons. The predicted octanol–water partition coefficient (Wildman–Crippen LogP) is 3.93. The Morgan fingerprint density at radius 2 is 1.92 bits per heavy atom. The molecule has 0 fully saturated rings. The van der Waals surface area contributed by atoms with Crippen molar-refractivity contribution in [3.8, 4) is 0 Å². The van der Waals surface area contributed by atoms with Gasteiger partial charge < -0.3 is 13.7 Å². The van der Waals surface area contributed by atoms with Crippen molar-refractivity contribution >= 4 is 11.6 Å². The molecule has 0 spiro atoms. The van der Waals surface area contributed by atoms with Gasteiger partial charge in [-0.25, -0.2) is 0 Å². The van der Waals surface area contributed by atoms with Crippen LogP contribution in [-0.2, 0) is 13.1 Å². The first-order valence-electron chi connectivity index (χ1n) is 7.64. The number of carbonyl (C=O) groups excluding carboxylic acids is 1. The molecule has 0 saturated heterocycles. The first kappa shape index (κ1) is 16.5. The minimum absolute atomic E-state index is 0.127. The average molecular weight is 340 g/mol. The molecular formula is C18H16N2O5. The monoisotopic (exact) mass is 340 g/mol. The Kier molecular flexibility index (Phi) is 4.65. The Morgan fingerprint density at radius 3 is 2.56 bits per heavy atom. The van der Waals surface area contributed by atoms with E-state index in [1.165, 1.54) is 29.4 Å². The van der Waals surface area contributed by atoms with Crippen molar-refractivity contribution in [1.29, 1.82) is 0 Å². The minimum Gasteiger partial charge on any atom is -0.467 e. The molecule has 0 unspecified atom stereocenters. The van der Waals surface area contributed by atoms with Crippen molar-refractivity contribution in [1.82, 2.24) is 4.90 Å². The average Bonchev–Trinajstić information content (AvgIpc) is 3.25. The molecule has 1 amide bonds. The number of carbonyl (C=O) groups is 1. The maximum atomic E-state index is 12.9. The number of hydrogen-bond acceptors (Lipinski definition) is 5. The molecule has 2 aromatic heterocycles. The topological polar surface area (TPSA) is 89.7 Å². The molecule has 0 saturated carbocycles. The molecule has 2 heterocycles. The van der Waals surface area contributed by atoms with Gasteiger partial charge in [0.15, 0.2) is 0 Å². The number of rotatable bonds is 6. The first-order valence-corrected chi connectivity index (χ1v) is 7.64. The Balaban J connectivity index is 1.88. The van der Waals surface area contributed by atoms with E-state index >= 15 is 0 Å². The fraction of sp³-hybridized carbons (Fsp3) is 0.167. The van der Waals surface area contributed by atoms with Crippen molar-refractivity contribution in [3.63, 3.8) is 0 Å². The maximum Gasteiger partial charge on any atom is 0.270 e. The second-order valence-corrected chi connectivity index (χ2v) is 5.56. The van der Waals surface area contributed by atoms with Crippen LogP contribution in [0, 0.1) is 17.0 Å². The van der Waals surface area contributed by atoms with Crippen molar-refractivity contribution in [2.24, 2.45) is 0 Å². The number of furan rings is 2. The summed E-state index contributed by atoms with van der Waals surface area (Å²) in [4.78, 5) is 24.8. The molecule has 0 bridgehead atoms. The molecule has 0 aliphatic rings. The number of aryl methyl sites for hydroxylation is 1. The van der Waals surface area contributed by atoms with E-state index in [9.17, 15) is 14.9 Å². The second-order valence-electron chi connectivity index (χ2n) is 5.56. The third kappa shape index (κ3) is 3.95. The third-order valence-corrected chi connectivity index (χ3v) is 3.66. The van der Waals surface area contributed by atoms with Gasteiger partial charge in [-0.15, -0.1) is 0 Å². The van der Waals surface area contributed by atoms with Crippen LogP contribution in [0.5, 0.6) is 0 Å². The Morgan fingerprint density at radius 1 is 1.12 bits per heavy atom. The van der Waals surface area contributed by atoms with Gasteiger partial charge in [0, 0.05) is 17.7 Å². The number of nitro benzene ring substituents is 1. The molecule has 128 valence electrons. The molecule has 25 heavy (non-hydrogen) atoms. The van der Waals surface area contributed by atoms with E-state index in [0.717, 1.165) is 5.76 Å². The van der Waals surface area contributed by atoms with Crippen LogP contribution in [0.1, 0.15) is 27.6 Å². The number of benzene rings is 1. The standard InChI is InChI=1S/C18H16N2O5/c1-13-7-8-17(25-13)12-19(11-16-6-3-9-24-16)18(21)14-4-2-5-15(10-14)20(22)23/h2-10H,11-12H2,1H3. The summed E-state index contributed by atoms with van der Waals surface area (Å²) >= 11 is 0. The van der Waals surface area contributed by atoms with Crippen molar-refractivity contribution in [2.45, 2.75) is 20.0 Å². The van der Waals surface area contributed by atoms with Crippen LogP contribution in [-0.4, -0.2) is 15.7 Å². The molecule has 0 N–H and O–H groups in total. The first-order chi connectivity index (χ1) is 12.0. The summed E-state index contributed by atoms with van der Waals surface area (Å²) < 4.78 is 10.9. The van der Waals surface area contributed by atoms with Gasteiger partial charge >= 0.3 is 0 Å². The summed E-state index contributed by atoms with van der Waals surface area (Å²) in [6.07, 6.45) is 1.53. The zero-order valence-corrected chi connectivity index (χ0v) is 13.5. The highest BCUT2D eigenvalue weighted by Crippen LogP contribution is 2.19. The van der Waals surface area contributed by atoms with Crippen LogP contribution in [0.2, 0.25) is 0 Å². The van der Waals surface area contributed by atoms with Gasteiger partial charge in [0.2, 0.25) is 0 Å². The van der Waals surface area contributed by atoms with Crippen LogP contribution in [0.3, 0.4) is 0 Å². The maximum absolute atomic E-state index is 12.9. The summed E-state index contributed by atoms with van der Waals surface area (Å²) in [6.45, 7) is 2.28. The summed E-state index contributed by atoms with van der Waals surface area (Å²) in [5.41, 5.74) is 0.113. The highest BCUT2D eigenvalue weighted by Gasteiger charge is 2.21. The van der Waals surface area contributed by atoms with Crippen molar-refractivity contribution < 1.29 is 18.6 Å². The van der Waals surface area contributed by atoms with Gasteiger partial charge in [0.25, 0.3) is 11.6 Å². The molecular weight excluding hydrogens is 324 g/mol. The van der Waals surface area contributed by atoms with Crippen LogP contribution < -0.4 is 0 Å². The van der Waals surface area contributed by atoms with Gasteiger partial charge in [-0.2, -0.15) is 0 Å². The minimum atomic E-state index is -0.524. The van der Waals surface area contributed by atoms with Crippen molar-refractivity contribution in [3.05, 3.63) is 87.8 Å². The SMILES string of the molecule is Cc1ccc(CN(Cc2ccco2)C(=O)c2cccc([N+](=O)[O-])c2)o1. The second kappa shape index (κ2) is 7.04. The molecule has 7 heteroatoms. The zero-order chi connectivity index (χ0) is 17.8. The number of non-ortho nitro benzene ring substituents is 1. The highest BCUT2D eigenvalue weighted by molar-refractivity contribution is 5.94. The van der Waals surface area contributed by atoms with Crippen LogP contribution in [0.15, 0.2) is 63.6 Å². The number of hydrogen-bond donors (Lipinski definition) is 0. The fourth-order valence-corrected chi connectivity index (χ4v) is 2.48. The largest absolute Gasteiger partial charge is 0.467 e.